The topological polar surface area (TPSA) is 63.1 Å². The lowest BCUT2D eigenvalue weighted by Crippen LogP contribution is -2.43. The van der Waals surface area contributed by atoms with Gasteiger partial charge in [-0.15, -0.1) is 10.2 Å². The van der Waals surface area contributed by atoms with Gasteiger partial charge in [0.1, 0.15) is 5.82 Å². The molecule has 1 aromatic heterocycles. The number of alkyl halides is 3. The van der Waals surface area contributed by atoms with Crippen LogP contribution < -0.4 is 5.32 Å². The maximum atomic E-state index is 14.5. The number of fused-ring (bicyclic) bond motifs is 2. The van der Waals surface area contributed by atoms with Gasteiger partial charge >= 0.3 is 6.18 Å². The van der Waals surface area contributed by atoms with Gasteiger partial charge in [0.2, 0.25) is 11.7 Å². The summed E-state index contributed by atoms with van der Waals surface area (Å²) in [5, 5.41) is 12.2. The van der Waals surface area contributed by atoms with Gasteiger partial charge in [0.25, 0.3) is 0 Å². The summed E-state index contributed by atoms with van der Waals surface area (Å²) in [4.78, 5) is 14.7. The van der Waals surface area contributed by atoms with Gasteiger partial charge in [-0.3, -0.25) is 4.79 Å². The standard InChI is InChI=1S/C28H25F6N5O/c1-16(18-7-6-17-4-2-3-5-19(17)10-18)35-21(11-20-12-23(30)24(31)14-22(20)29)13-26(40)38-8-9-39-25(15-38)36-37-27(39)28(32,33)34/h2-7,10,12,14,16,21,35H,8-9,11,13,15H2,1H3/t16-,21+/m0/s1. The molecule has 2 atom stereocenters. The number of aromatic nitrogens is 3. The Hall–Kier alpha value is -3.93. The second-order valence-corrected chi connectivity index (χ2v) is 9.86. The third kappa shape index (κ3) is 5.81. The predicted octanol–water partition coefficient (Wildman–Crippen LogP) is 5.56. The van der Waals surface area contributed by atoms with Crippen LogP contribution in [0.2, 0.25) is 0 Å². The van der Waals surface area contributed by atoms with E-state index >= 15 is 0 Å². The molecule has 5 rings (SSSR count). The van der Waals surface area contributed by atoms with Crippen molar-refractivity contribution in [3.63, 3.8) is 0 Å². The summed E-state index contributed by atoms with van der Waals surface area (Å²) in [7, 11) is 0. The highest BCUT2D eigenvalue weighted by molar-refractivity contribution is 5.83. The molecule has 0 spiro atoms. The van der Waals surface area contributed by atoms with E-state index in [1.807, 2.05) is 49.4 Å². The van der Waals surface area contributed by atoms with E-state index in [9.17, 15) is 31.1 Å². The molecule has 0 fully saturated rings. The van der Waals surface area contributed by atoms with Crippen LogP contribution in [0, 0.1) is 17.5 Å². The van der Waals surface area contributed by atoms with Crippen molar-refractivity contribution in [2.45, 2.75) is 51.1 Å². The van der Waals surface area contributed by atoms with Gasteiger partial charge in [-0.1, -0.05) is 36.4 Å². The number of benzene rings is 3. The van der Waals surface area contributed by atoms with E-state index in [4.69, 9.17) is 0 Å². The molecule has 2 heterocycles. The third-order valence-corrected chi connectivity index (χ3v) is 7.10. The molecule has 1 aliphatic rings. The predicted molar refractivity (Wildman–Crippen MR) is 134 cm³/mol. The Morgan fingerprint density at radius 1 is 0.950 bits per heavy atom. The number of hydrogen-bond acceptors (Lipinski definition) is 4. The average Bonchev–Trinajstić information content (AvgIpc) is 3.35. The second-order valence-electron chi connectivity index (χ2n) is 9.86. The summed E-state index contributed by atoms with van der Waals surface area (Å²) in [6, 6.07) is 13.9. The number of nitrogens with one attached hydrogen (secondary N) is 1. The van der Waals surface area contributed by atoms with Crippen molar-refractivity contribution >= 4 is 16.7 Å². The van der Waals surface area contributed by atoms with Crippen LogP contribution in [0.25, 0.3) is 10.8 Å². The van der Waals surface area contributed by atoms with Crippen molar-refractivity contribution < 1.29 is 31.1 Å². The van der Waals surface area contributed by atoms with Crippen molar-refractivity contribution in [1.82, 2.24) is 25.0 Å². The molecule has 0 unspecified atom stereocenters. The fourth-order valence-corrected chi connectivity index (χ4v) is 5.02. The minimum absolute atomic E-state index is 0.000557. The van der Waals surface area contributed by atoms with E-state index in [0.29, 0.717) is 6.07 Å². The van der Waals surface area contributed by atoms with E-state index in [0.717, 1.165) is 27.0 Å². The first kappa shape index (κ1) is 27.6. The van der Waals surface area contributed by atoms with E-state index in [2.05, 4.69) is 15.5 Å². The fraction of sp³-hybridized carbons (Fsp3) is 0.321. The number of nitrogens with zero attached hydrogens (tertiary/aromatic N) is 4. The molecule has 0 saturated heterocycles. The van der Waals surface area contributed by atoms with Crippen LogP contribution in [-0.2, 0) is 30.5 Å². The Bertz CT molecular complexity index is 1550. The molecule has 4 aromatic rings. The van der Waals surface area contributed by atoms with Crippen LogP contribution in [-0.4, -0.2) is 38.2 Å². The molecule has 1 N–H and O–H groups in total. The van der Waals surface area contributed by atoms with E-state index < -0.39 is 41.4 Å². The van der Waals surface area contributed by atoms with Gasteiger partial charge in [-0.05, 0) is 47.4 Å². The first-order valence-corrected chi connectivity index (χ1v) is 12.6. The molecular weight excluding hydrogens is 536 g/mol. The summed E-state index contributed by atoms with van der Waals surface area (Å²) < 4.78 is 82.5. The zero-order valence-corrected chi connectivity index (χ0v) is 21.4. The molecule has 0 radical (unpaired) electrons. The number of amides is 1. The maximum absolute atomic E-state index is 14.5. The van der Waals surface area contributed by atoms with Gasteiger partial charge in [-0.2, -0.15) is 13.2 Å². The number of rotatable bonds is 7. The quantitative estimate of drug-likeness (QED) is 0.237. The third-order valence-electron chi connectivity index (χ3n) is 7.10. The lowest BCUT2D eigenvalue weighted by atomic mass is 9.98. The van der Waals surface area contributed by atoms with Crippen molar-refractivity contribution in [2.75, 3.05) is 6.54 Å². The van der Waals surface area contributed by atoms with Crippen LogP contribution in [0.5, 0.6) is 0 Å². The summed E-state index contributed by atoms with van der Waals surface area (Å²) >= 11 is 0. The zero-order valence-electron chi connectivity index (χ0n) is 21.4. The van der Waals surface area contributed by atoms with Crippen molar-refractivity contribution in [3.8, 4) is 0 Å². The SMILES string of the molecule is C[C@H](N[C@@H](CC(=O)N1CCn2c(nnc2C(F)(F)F)C1)Cc1cc(F)c(F)cc1F)c1ccc2ccccc2c1. The summed E-state index contributed by atoms with van der Waals surface area (Å²) in [5.41, 5.74) is 0.788. The van der Waals surface area contributed by atoms with E-state index in [1.54, 1.807) is 0 Å². The highest BCUT2D eigenvalue weighted by atomic mass is 19.4. The second kappa shape index (κ2) is 10.9. The molecule has 1 amide bonds. The van der Waals surface area contributed by atoms with Gasteiger partial charge < -0.3 is 14.8 Å². The smallest absolute Gasteiger partial charge is 0.333 e. The molecule has 210 valence electrons. The molecular formula is C28H25F6N5O. The van der Waals surface area contributed by atoms with Gasteiger partial charge in [-0.25, -0.2) is 13.2 Å². The number of carbonyl (C=O) groups excluding carboxylic acids is 1. The number of carbonyl (C=O) groups is 1. The molecule has 0 bridgehead atoms. The lowest BCUT2D eigenvalue weighted by molar-refractivity contribution is -0.148. The van der Waals surface area contributed by atoms with Crippen molar-refractivity contribution in [3.05, 3.63) is 94.8 Å². The van der Waals surface area contributed by atoms with Crippen molar-refractivity contribution in [1.29, 1.82) is 0 Å². The zero-order chi connectivity index (χ0) is 28.6. The summed E-state index contributed by atoms with van der Waals surface area (Å²) in [6.07, 6.45) is -4.97. The molecule has 0 aliphatic carbocycles. The Balaban J connectivity index is 1.36. The highest BCUT2D eigenvalue weighted by Crippen LogP contribution is 2.30. The molecule has 1 aliphatic heterocycles. The molecule has 0 saturated carbocycles. The first-order chi connectivity index (χ1) is 19.0. The minimum Gasteiger partial charge on any atom is -0.333 e. The first-order valence-electron chi connectivity index (χ1n) is 12.6. The van der Waals surface area contributed by atoms with Gasteiger partial charge in [0.15, 0.2) is 17.5 Å². The Kier molecular flexibility index (Phi) is 7.54. The minimum atomic E-state index is -4.67. The van der Waals surface area contributed by atoms with E-state index in [-0.39, 0.29) is 49.9 Å². The summed E-state index contributed by atoms with van der Waals surface area (Å²) in [5.74, 6) is -4.99. The largest absolute Gasteiger partial charge is 0.451 e. The Morgan fingerprint density at radius 3 is 2.42 bits per heavy atom. The number of halogens is 6. The van der Waals surface area contributed by atoms with Gasteiger partial charge in [0, 0.05) is 37.7 Å². The Morgan fingerprint density at radius 2 is 1.68 bits per heavy atom. The van der Waals surface area contributed by atoms with Crippen LogP contribution in [0.3, 0.4) is 0 Å². The van der Waals surface area contributed by atoms with Crippen LogP contribution in [0.4, 0.5) is 26.3 Å². The molecule has 3 aromatic carbocycles. The lowest BCUT2D eigenvalue weighted by Gasteiger charge is -2.30. The Labute approximate surface area is 225 Å². The normalized spacial score (nSPS) is 15.2. The highest BCUT2D eigenvalue weighted by Gasteiger charge is 2.40. The number of hydrogen-bond donors (Lipinski definition) is 1. The molecule has 40 heavy (non-hydrogen) atoms. The maximum Gasteiger partial charge on any atom is 0.451 e. The van der Waals surface area contributed by atoms with Crippen LogP contribution in [0.15, 0.2) is 54.6 Å². The van der Waals surface area contributed by atoms with Crippen LogP contribution >= 0.6 is 0 Å². The van der Waals surface area contributed by atoms with Crippen molar-refractivity contribution in [2.24, 2.45) is 0 Å². The van der Waals surface area contributed by atoms with Gasteiger partial charge in [0.05, 0.1) is 6.54 Å². The molecule has 12 heteroatoms. The fourth-order valence-electron chi connectivity index (χ4n) is 5.02. The van der Waals surface area contributed by atoms with Crippen LogP contribution in [0.1, 0.15) is 42.2 Å². The average molecular weight is 562 g/mol. The molecule has 6 nitrogen and oxygen atoms in total. The summed E-state index contributed by atoms with van der Waals surface area (Å²) in [6.45, 7) is 1.56. The monoisotopic (exact) mass is 561 g/mol. The van der Waals surface area contributed by atoms with E-state index in [1.165, 1.54) is 4.90 Å².